The number of hydrogen-bond acceptors (Lipinski definition) is 4. The predicted octanol–water partition coefficient (Wildman–Crippen LogP) is 1.65. The highest BCUT2D eigenvalue weighted by Gasteiger charge is 2.12. The Morgan fingerprint density at radius 3 is 3.14 bits per heavy atom. The molecule has 1 unspecified atom stereocenters. The Balaban J connectivity index is 1.54. The lowest BCUT2D eigenvalue weighted by Crippen LogP contribution is -2.44. The van der Waals surface area contributed by atoms with Crippen LogP contribution in [0.2, 0.25) is 0 Å². The van der Waals surface area contributed by atoms with Crippen LogP contribution in [-0.4, -0.2) is 24.1 Å². The zero-order valence-corrected chi connectivity index (χ0v) is 12.2. The molecule has 0 saturated carbocycles. The largest absolute Gasteiger partial charge is 0.397 e. The van der Waals surface area contributed by atoms with Gasteiger partial charge < -0.3 is 26.7 Å². The molecule has 0 aliphatic carbocycles. The first-order valence-corrected chi connectivity index (χ1v) is 7.48. The standard InChI is InChI=1S/C16H23N5/c1-11(21-13-3-2-6-18-9-13)19-8-12-4-5-14-15(17)10-20-16(14)7-12/h4-5,7,10,13,18-21H,1-3,6,8-9,17H2. The van der Waals surface area contributed by atoms with Gasteiger partial charge in [-0.1, -0.05) is 18.7 Å². The Bertz CT molecular complexity index is 625. The summed E-state index contributed by atoms with van der Waals surface area (Å²) >= 11 is 0. The Morgan fingerprint density at radius 1 is 1.43 bits per heavy atom. The smallest absolute Gasteiger partial charge is 0.0917 e. The van der Waals surface area contributed by atoms with Gasteiger partial charge in [-0.25, -0.2) is 0 Å². The zero-order valence-electron chi connectivity index (χ0n) is 12.2. The maximum absolute atomic E-state index is 5.88. The van der Waals surface area contributed by atoms with E-state index < -0.39 is 0 Å². The van der Waals surface area contributed by atoms with Crippen LogP contribution in [-0.2, 0) is 6.54 Å². The molecule has 0 bridgehead atoms. The highest BCUT2D eigenvalue weighted by molar-refractivity contribution is 5.91. The fourth-order valence-corrected chi connectivity index (χ4v) is 2.79. The monoisotopic (exact) mass is 285 g/mol. The van der Waals surface area contributed by atoms with Crippen molar-refractivity contribution in [1.29, 1.82) is 0 Å². The minimum atomic E-state index is 0.476. The van der Waals surface area contributed by atoms with E-state index in [1.807, 2.05) is 6.20 Å². The van der Waals surface area contributed by atoms with E-state index in [0.717, 1.165) is 42.0 Å². The number of anilines is 1. The Morgan fingerprint density at radius 2 is 2.33 bits per heavy atom. The van der Waals surface area contributed by atoms with Gasteiger partial charge in [-0.05, 0) is 31.0 Å². The van der Waals surface area contributed by atoms with Gasteiger partial charge in [0.25, 0.3) is 0 Å². The third kappa shape index (κ3) is 3.31. The number of nitrogens with two attached hydrogens (primary N) is 1. The van der Waals surface area contributed by atoms with Crippen molar-refractivity contribution in [3.8, 4) is 0 Å². The van der Waals surface area contributed by atoms with Gasteiger partial charge in [0, 0.05) is 36.2 Å². The molecule has 1 aliphatic rings. The normalized spacial score (nSPS) is 18.6. The summed E-state index contributed by atoms with van der Waals surface area (Å²) in [6, 6.07) is 6.74. The van der Waals surface area contributed by atoms with E-state index in [1.165, 1.54) is 18.4 Å². The van der Waals surface area contributed by atoms with Crippen LogP contribution in [0.25, 0.3) is 10.9 Å². The SMILES string of the molecule is C=C(NCc1ccc2c(N)c[nH]c2c1)NC1CCCNC1. The van der Waals surface area contributed by atoms with Gasteiger partial charge in [0.2, 0.25) is 0 Å². The van der Waals surface area contributed by atoms with Crippen LogP contribution in [0, 0.1) is 0 Å². The third-order valence-corrected chi connectivity index (χ3v) is 3.96. The maximum atomic E-state index is 5.88. The molecule has 0 amide bonds. The Hall–Kier alpha value is -2.14. The second-order valence-corrected chi connectivity index (χ2v) is 5.64. The van der Waals surface area contributed by atoms with E-state index in [4.69, 9.17) is 5.73 Å². The fourth-order valence-electron chi connectivity index (χ4n) is 2.79. The van der Waals surface area contributed by atoms with Crippen molar-refractivity contribution in [2.75, 3.05) is 18.8 Å². The number of piperidine rings is 1. The lowest BCUT2D eigenvalue weighted by atomic mass is 10.1. The van der Waals surface area contributed by atoms with Gasteiger partial charge in [0.1, 0.15) is 0 Å². The number of nitrogens with one attached hydrogen (secondary N) is 4. The van der Waals surface area contributed by atoms with Crippen molar-refractivity contribution >= 4 is 16.6 Å². The molecule has 6 N–H and O–H groups in total. The van der Waals surface area contributed by atoms with Gasteiger partial charge >= 0.3 is 0 Å². The van der Waals surface area contributed by atoms with E-state index in [2.05, 4.69) is 45.7 Å². The molecule has 1 saturated heterocycles. The fraction of sp³-hybridized carbons (Fsp3) is 0.375. The van der Waals surface area contributed by atoms with Crippen molar-refractivity contribution in [3.63, 3.8) is 0 Å². The van der Waals surface area contributed by atoms with Gasteiger partial charge in [-0.15, -0.1) is 0 Å². The van der Waals surface area contributed by atoms with Crippen molar-refractivity contribution in [1.82, 2.24) is 20.9 Å². The highest BCUT2D eigenvalue weighted by Crippen LogP contribution is 2.21. The number of rotatable bonds is 5. The van der Waals surface area contributed by atoms with Crippen molar-refractivity contribution in [2.24, 2.45) is 0 Å². The van der Waals surface area contributed by atoms with E-state index in [9.17, 15) is 0 Å². The van der Waals surface area contributed by atoms with Gasteiger partial charge in [0.05, 0.1) is 11.5 Å². The van der Waals surface area contributed by atoms with E-state index in [-0.39, 0.29) is 0 Å². The van der Waals surface area contributed by atoms with Gasteiger partial charge in [-0.2, -0.15) is 0 Å². The molecule has 1 fully saturated rings. The summed E-state index contributed by atoms with van der Waals surface area (Å²) in [6.45, 7) is 6.93. The minimum Gasteiger partial charge on any atom is -0.397 e. The average molecular weight is 285 g/mol. The quantitative estimate of drug-likeness (QED) is 0.579. The number of benzene rings is 1. The number of H-pyrrole nitrogens is 1. The van der Waals surface area contributed by atoms with Crippen LogP contribution in [0.3, 0.4) is 0 Å². The van der Waals surface area contributed by atoms with Crippen molar-refractivity contribution in [2.45, 2.75) is 25.4 Å². The molecular weight excluding hydrogens is 262 g/mol. The molecule has 1 atom stereocenters. The summed E-state index contributed by atoms with van der Waals surface area (Å²) < 4.78 is 0. The van der Waals surface area contributed by atoms with Crippen molar-refractivity contribution < 1.29 is 0 Å². The Kier molecular flexibility index (Phi) is 4.01. The number of fused-ring (bicyclic) bond motifs is 1. The summed E-state index contributed by atoms with van der Waals surface area (Å²) in [5, 5.41) is 11.2. The van der Waals surface area contributed by atoms with Crippen LogP contribution in [0.1, 0.15) is 18.4 Å². The molecule has 1 aromatic carbocycles. The summed E-state index contributed by atoms with van der Waals surface area (Å²) in [7, 11) is 0. The lowest BCUT2D eigenvalue weighted by molar-refractivity contribution is 0.405. The molecular formula is C16H23N5. The first kappa shape index (κ1) is 13.8. The second-order valence-electron chi connectivity index (χ2n) is 5.64. The molecule has 5 nitrogen and oxygen atoms in total. The number of aromatic nitrogens is 1. The predicted molar refractivity (Wildman–Crippen MR) is 87.7 cm³/mol. The summed E-state index contributed by atoms with van der Waals surface area (Å²) in [6.07, 6.45) is 4.25. The second kappa shape index (κ2) is 6.10. The third-order valence-electron chi connectivity index (χ3n) is 3.96. The van der Waals surface area contributed by atoms with Crippen LogP contribution in [0.15, 0.2) is 36.8 Å². The number of hydrogen-bond donors (Lipinski definition) is 5. The molecule has 2 heterocycles. The van der Waals surface area contributed by atoms with E-state index in [1.54, 1.807) is 0 Å². The molecule has 112 valence electrons. The molecule has 21 heavy (non-hydrogen) atoms. The first-order valence-electron chi connectivity index (χ1n) is 7.48. The number of nitrogen functional groups attached to an aromatic ring is 1. The molecule has 1 aliphatic heterocycles. The highest BCUT2D eigenvalue weighted by atomic mass is 15.1. The number of aromatic amines is 1. The molecule has 2 aromatic rings. The average Bonchev–Trinajstić information content (AvgIpc) is 2.87. The molecule has 0 spiro atoms. The Labute approximate surface area is 125 Å². The lowest BCUT2D eigenvalue weighted by Gasteiger charge is -2.26. The maximum Gasteiger partial charge on any atom is 0.0917 e. The van der Waals surface area contributed by atoms with Crippen LogP contribution in [0.5, 0.6) is 0 Å². The summed E-state index contributed by atoms with van der Waals surface area (Å²) in [4.78, 5) is 3.18. The van der Waals surface area contributed by atoms with Crippen LogP contribution < -0.4 is 21.7 Å². The summed E-state index contributed by atoms with van der Waals surface area (Å²) in [5.41, 5.74) is 8.94. The van der Waals surface area contributed by atoms with Gasteiger partial charge in [0.15, 0.2) is 0 Å². The van der Waals surface area contributed by atoms with Gasteiger partial charge in [-0.3, -0.25) is 0 Å². The molecule has 3 rings (SSSR count). The van der Waals surface area contributed by atoms with E-state index in [0.29, 0.717) is 6.04 Å². The minimum absolute atomic E-state index is 0.476. The summed E-state index contributed by atoms with van der Waals surface area (Å²) in [5.74, 6) is 0.884. The van der Waals surface area contributed by atoms with Crippen LogP contribution in [0.4, 0.5) is 5.69 Å². The zero-order chi connectivity index (χ0) is 14.7. The topological polar surface area (TPSA) is 77.9 Å². The molecule has 5 heteroatoms. The first-order chi connectivity index (χ1) is 10.2. The van der Waals surface area contributed by atoms with Crippen molar-refractivity contribution in [3.05, 3.63) is 42.4 Å². The molecule has 0 radical (unpaired) electrons. The van der Waals surface area contributed by atoms with E-state index >= 15 is 0 Å². The van der Waals surface area contributed by atoms with Crippen LogP contribution >= 0.6 is 0 Å². The molecule has 1 aromatic heterocycles.